The lowest BCUT2D eigenvalue weighted by molar-refractivity contribution is 0.0696. The molecule has 2 rings (SSSR count). The van der Waals surface area contributed by atoms with Gasteiger partial charge in [-0.15, -0.1) is 0 Å². The van der Waals surface area contributed by atoms with E-state index in [1.54, 1.807) is 18.2 Å². The molecule has 2 aromatic rings. The van der Waals surface area contributed by atoms with Gasteiger partial charge in [-0.05, 0) is 57.1 Å². The summed E-state index contributed by atoms with van der Waals surface area (Å²) in [6, 6.07) is 11.1. The maximum atomic E-state index is 11.1. The number of ether oxygens (including phenoxy) is 1. The van der Waals surface area contributed by atoms with E-state index in [0.717, 1.165) is 27.8 Å². The third-order valence-electron chi connectivity index (χ3n) is 3.88. The monoisotopic (exact) mass is 390 g/mol. The maximum Gasteiger partial charge on any atom is 0.335 e. The predicted octanol–water partition coefficient (Wildman–Crippen LogP) is 5.59. The second-order valence-electron chi connectivity index (χ2n) is 6.85. The Morgan fingerprint density at radius 2 is 1.88 bits per heavy atom. The molecule has 0 aliphatic rings. The van der Waals surface area contributed by atoms with Crippen LogP contribution in [-0.2, 0) is 18.4 Å². The lowest BCUT2D eigenvalue weighted by Crippen LogP contribution is -2.14. The van der Waals surface area contributed by atoms with Gasteiger partial charge in [-0.2, -0.15) is 0 Å². The van der Waals surface area contributed by atoms with Gasteiger partial charge in [0.15, 0.2) is 0 Å². The van der Waals surface area contributed by atoms with Gasteiger partial charge in [0.1, 0.15) is 12.4 Å². The fourth-order valence-corrected chi connectivity index (χ4v) is 3.13. The lowest BCUT2D eigenvalue weighted by Gasteiger charge is -2.25. The van der Waals surface area contributed by atoms with E-state index in [-0.39, 0.29) is 11.0 Å². The molecule has 0 saturated carbocycles. The molecule has 0 bridgehead atoms. The average Bonchev–Trinajstić information content (AvgIpc) is 2.52. The van der Waals surface area contributed by atoms with Crippen LogP contribution in [0.25, 0.3) is 0 Å². The Labute approximate surface area is 151 Å². The lowest BCUT2D eigenvalue weighted by atomic mass is 9.85. The second-order valence-corrected chi connectivity index (χ2v) is 7.71. The van der Waals surface area contributed by atoms with E-state index in [9.17, 15) is 4.79 Å². The van der Waals surface area contributed by atoms with Crippen molar-refractivity contribution in [1.82, 2.24) is 0 Å². The first-order valence-electron chi connectivity index (χ1n) is 8.00. The van der Waals surface area contributed by atoms with Crippen LogP contribution in [0, 0.1) is 0 Å². The van der Waals surface area contributed by atoms with Crippen LogP contribution in [0.5, 0.6) is 5.75 Å². The van der Waals surface area contributed by atoms with Crippen LogP contribution in [0.4, 0.5) is 0 Å². The molecular weight excluding hydrogens is 368 g/mol. The number of benzene rings is 2. The number of carboxylic acid groups (broad SMARTS) is 1. The summed E-state index contributed by atoms with van der Waals surface area (Å²) >= 11 is 3.62. The Bertz CT molecular complexity index is 745. The zero-order valence-electron chi connectivity index (χ0n) is 14.5. The van der Waals surface area contributed by atoms with E-state index in [0.29, 0.717) is 6.61 Å². The summed E-state index contributed by atoms with van der Waals surface area (Å²) in [4.78, 5) is 11.1. The van der Waals surface area contributed by atoms with Crippen LogP contribution >= 0.6 is 15.9 Å². The molecule has 0 unspecified atom stereocenters. The second kappa shape index (κ2) is 7.39. The van der Waals surface area contributed by atoms with E-state index in [1.807, 2.05) is 6.07 Å². The molecule has 0 radical (unpaired) electrons. The third kappa shape index (κ3) is 4.38. The highest BCUT2D eigenvalue weighted by Crippen LogP contribution is 2.38. The minimum Gasteiger partial charge on any atom is -0.487 e. The van der Waals surface area contributed by atoms with Gasteiger partial charge in [0.25, 0.3) is 0 Å². The van der Waals surface area contributed by atoms with Gasteiger partial charge in [0, 0.05) is 5.56 Å². The number of aryl methyl sites for hydroxylation is 1. The summed E-state index contributed by atoms with van der Waals surface area (Å²) in [6.07, 6.45) is 0.961. The van der Waals surface area contributed by atoms with Crippen LogP contribution < -0.4 is 4.74 Å². The summed E-state index contributed by atoms with van der Waals surface area (Å²) in [7, 11) is 0. The fourth-order valence-electron chi connectivity index (χ4n) is 2.51. The van der Waals surface area contributed by atoms with Crippen molar-refractivity contribution in [2.24, 2.45) is 0 Å². The van der Waals surface area contributed by atoms with Crippen LogP contribution in [0.15, 0.2) is 40.9 Å². The average molecular weight is 391 g/mol. The molecular formula is C20H23BrO3. The summed E-state index contributed by atoms with van der Waals surface area (Å²) in [5, 5.41) is 9.10. The molecule has 0 heterocycles. The van der Waals surface area contributed by atoms with Crippen LogP contribution in [-0.4, -0.2) is 11.1 Å². The largest absolute Gasteiger partial charge is 0.487 e. The summed E-state index contributed by atoms with van der Waals surface area (Å²) in [5.41, 5.74) is 3.45. The molecule has 0 saturated heterocycles. The Morgan fingerprint density at radius 3 is 2.46 bits per heavy atom. The van der Waals surface area contributed by atoms with Gasteiger partial charge in [0.05, 0.1) is 10.0 Å². The molecule has 24 heavy (non-hydrogen) atoms. The molecule has 0 fully saturated rings. The van der Waals surface area contributed by atoms with Crippen molar-refractivity contribution in [3.05, 3.63) is 63.1 Å². The van der Waals surface area contributed by atoms with Gasteiger partial charge >= 0.3 is 5.97 Å². The van der Waals surface area contributed by atoms with Gasteiger partial charge in [-0.3, -0.25) is 0 Å². The SMILES string of the molecule is CCc1cc(Br)c(OCc2cccc(C(=O)O)c2)c(C(C)(C)C)c1. The van der Waals surface area contributed by atoms with Gasteiger partial charge in [-0.25, -0.2) is 4.79 Å². The highest BCUT2D eigenvalue weighted by molar-refractivity contribution is 9.10. The molecule has 2 aromatic carbocycles. The van der Waals surface area contributed by atoms with Gasteiger partial charge in [0.2, 0.25) is 0 Å². The Morgan fingerprint density at radius 1 is 1.17 bits per heavy atom. The molecule has 0 spiro atoms. The minimum absolute atomic E-state index is 0.0497. The van der Waals surface area contributed by atoms with Crippen molar-refractivity contribution in [1.29, 1.82) is 0 Å². The quantitative estimate of drug-likeness (QED) is 0.723. The van der Waals surface area contributed by atoms with Gasteiger partial charge < -0.3 is 9.84 Å². The zero-order valence-corrected chi connectivity index (χ0v) is 16.1. The number of aromatic carboxylic acids is 1. The van der Waals surface area contributed by atoms with Crippen molar-refractivity contribution < 1.29 is 14.6 Å². The topological polar surface area (TPSA) is 46.5 Å². The van der Waals surface area contributed by atoms with E-state index in [4.69, 9.17) is 9.84 Å². The van der Waals surface area contributed by atoms with E-state index >= 15 is 0 Å². The van der Waals surface area contributed by atoms with Crippen LogP contribution in [0.2, 0.25) is 0 Å². The number of rotatable bonds is 5. The first kappa shape index (κ1) is 18.5. The van der Waals surface area contributed by atoms with Crippen molar-refractivity contribution in [2.75, 3.05) is 0 Å². The fraction of sp³-hybridized carbons (Fsp3) is 0.350. The smallest absolute Gasteiger partial charge is 0.335 e. The standard InChI is InChI=1S/C20H23BrO3/c1-5-13-10-16(20(2,3)4)18(17(21)11-13)24-12-14-7-6-8-15(9-14)19(22)23/h6-11H,5,12H2,1-4H3,(H,22,23). The van der Waals surface area contributed by atoms with Crippen LogP contribution in [0.1, 0.15) is 54.7 Å². The molecule has 3 nitrogen and oxygen atoms in total. The predicted molar refractivity (Wildman–Crippen MR) is 100.0 cm³/mol. The number of carboxylic acids is 1. The highest BCUT2D eigenvalue weighted by atomic mass is 79.9. The van der Waals surface area contributed by atoms with Crippen molar-refractivity contribution in [3.8, 4) is 5.75 Å². The minimum atomic E-state index is -0.930. The first-order valence-corrected chi connectivity index (χ1v) is 8.79. The summed E-state index contributed by atoms with van der Waals surface area (Å²) in [5.74, 6) is -0.110. The molecule has 0 aliphatic heterocycles. The Balaban J connectivity index is 2.32. The molecule has 4 heteroatoms. The number of hydrogen-bond donors (Lipinski definition) is 1. The highest BCUT2D eigenvalue weighted by Gasteiger charge is 2.22. The maximum absolute atomic E-state index is 11.1. The van der Waals surface area contributed by atoms with E-state index < -0.39 is 5.97 Å². The van der Waals surface area contributed by atoms with Crippen LogP contribution in [0.3, 0.4) is 0 Å². The number of hydrogen-bond acceptors (Lipinski definition) is 2. The van der Waals surface area contributed by atoms with Crippen molar-refractivity contribution in [2.45, 2.75) is 46.1 Å². The Hall–Kier alpha value is -1.81. The summed E-state index contributed by atoms with van der Waals surface area (Å²) in [6.45, 7) is 8.94. The zero-order chi connectivity index (χ0) is 17.9. The van der Waals surface area contributed by atoms with Crippen molar-refractivity contribution >= 4 is 21.9 Å². The van der Waals surface area contributed by atoms with E-state index in [1.165, 1.54) is 5.56 Å². The summed E-state index contributed by atoms with van der Waals surface area (Å²) < 4.78 is 7.01. The number of halogens is 1. The molecule has 0 amide bonds. The normalized spacial score (nSPS) is 11.4. The molecule has 128 valence electrons. The number of carbonyl (C=O) groups is 1. The molecule has 0 aliphatic carbocycles. The molecule has 0 atom stereocenters. The molecule has 0 aromatic heterocycles. The van der Waals surface area contributed by atoms with Gasteiger partial charge in [-0.1, -0.05) is 45.9 Å². The van der Waals surface area contributed by atoms with E-state index in [2.05, 4.69) is 55.8 Å². The molecule has 1 N–H and O–H groups in total. The Kier molecular flexibility index (Phi) is 5.70. The van der Waals surface area contributed by atoms with Crippen molar-refractivity contribution in [3.63, 3.8) is 0 Å². The third-order valence-corrected chi connectivity index (χ3v) is 4.47. The first-order chi connectivity index (χ1) is 11.2.